The Bertz CT molecular complexity index is 788. The third-order valence-corrected chi connectivity index (χ3v) is 3.66. The van der Waals surface area contributed by atoms with Crippen LogP contribution in [-0.2, 0) is 19.1 Å². The van der Waals surface area contributed by atoms with E-state index < -0.39 is 50.8 Å². The van der Waals surface area contributed by atoms with E-state index in [0.717, 1.165) is 26.2 Å². The summed E-state index contributed by atoms with van der Waals surface area (Å²) >= 11 is 0. The minimum absolute atomic E-state index is 0.104. The molecule has 0 spiro atoms. The normalized spacial score (nSPS) is 13.7. The molecule has 0 aliphatic rings. The number of rotatable bonds is 9. The van der Waals surface area contributed by atoms with Gasteiger partial charge >= 0.3 is 17.6 Å². The van der Waals surface area contributed by atoms with Gasteiger partial charge in [-0.15, -0.1) is 0 Å². The number of methoxy groups -OCH3 is 1. The second-order valence-electron chi connectivity index (χ2n) is 5.32. The van der Waals surface area contributed by atoms with Crippen molar-refractivity contribution >= 4 is 17.4 Å². The van der Waals surface area contributed by atoms with E-state index in [4.69, 9.17) is 4.74 Å². The molecule has 146 valence electrons. The lowest BCUT2D eigenvalue weighted by molar-refractivity contribution is -0.437. The number of nitrogens with zero attached hydrogens (tertiary/aromatic N) is 2. The zero-order valence-corrected chi connectivity index (χ0v) is 14.8. The van der Waals surface area contributed by atoms with Crippen molar-refractivity contribution in [3.8, 4) is 0 Å². The molecule has 0 aliphatic heterocycles. The minimum Gasteiger partial charge on any atom is -0.476 e. The van der Waals surface area contributed by atoms with Gasteiger partial charge in [0.05, 0.1) is 23.6 Å². The number of nitro benzene ring substituents is 1. The molecule has 1 rings (SSSR count). The number of ketones is 1. The van der Waals surface area contributed by atoms with E-state index in [1.54, 1.807) is 0 Å². The van der Waals surface area contributed by atoms with Crippen LogP contribution < -0.4 is 0 Å². The Morgan fingerprint density at radius 2 is 1.89 bits per heavy atom. The van der Waals surface area contributed by atoms with Crippen molar-refractivity contribution in [3.63, 3.8) is 0 Å². The Labute approximate surface area is 153 Å². The highest BCUT2D eigenvalue weighted by Crippen LogP contribution is 2.37. The average Bonchev–Trinajstić information content (AvgIpc) is 2.60. The van der Waals surface area contributed by atoms with Gasteiger partial charge < -0.3 is 14.6 Å². The largest absolute Gasteiger partial charge is 0.476 e. The molecule has 1 N–H and O–H groups in total. The van der Waals surface area contributed by atoms with E-state index in [2.05, 4.69) is 4.74 Å². The molecule has 2 unspecified atom stereocenters. The van der Waals surface area contributed by atoms with Gasteiger partial charge in [-0.3, -0.25) is 29.8 Å². The highest BCUT2D eigenvalue weighted by atomic mass is 16.6. The number of hydrogen-bond donors (Lipinski definition) is 1. The van der Waals surface area contributed by atoms with Gasteiger partial charge in [-0.2, -0.15) is 0 Å². The molecule has 1 aromatic carbocycles. The number of aliphatic hydroxyl groups is 1. The number of non-ortho nitro benzene ring substituents is 1. The van der Waals surface area contributed by atoms with Crippen LogP contribution in [0.15, 0.2) is 35.9 Å². The number of carbonyl (C=O) groups excluding carboxylic acids is 2. The van der Waals surface area contributed by atoms with Gasteiger partial charge in [0.2, 0.25) is 0 Å². The molecular formula is C16H18N2O9. The monoisotopic (exact) mass is 382 g/mol. The van der Waals surface area contributed by atoms with E-state index >= 15 is 0 Å². The van der Waals surface area contributed by atoms with Crippen molar-refractivity contribution in [2.75, 3.05) is 13.7 Å². The first kappa shape index (κ1) is 21.5. The second-order valence-corrected chi connectivity index (χ2v) is 5.32. The Morgan fingerprint density at radius 1 is 1.26 bits per heavy atom. The molecule has 11 nitrogen and oxygen atoms in total. The molecule has 0 fully saturated rings. The van der Waals surface area contributed by atoms with Crippen molar-refractivity contribution in [2.24, 2.45) is 5.92 Å². The van der Waals surface area contributed by atoms with Crippen LogP contribution in [0.2, 0.25) is 0 Å². The number of benzene rings is 1. The number of carbonyl (C=O) groups is 2. The molecule has 0 saturated heterocycles. The van der Waals surface area contributed by atoms with Crippen LogP contribution in [0.1, 0.15) is 25.3 Å². The Morgan fingerprint density at radius 3 is 2.33 bits per heavy atom. The second kappa shape index (κ2) is 9.27. The quantitative estimate of drug-likeness (QED) is 0.222. The lowest BCUT2D eigenvalue weighted by atomic mass is 9.81. The number of nitro groups is 2. The van der Waals surface area contributed by atoms with Gasteiger partial charge in [-0.25, -0.2) is 0 Å². The van der Waals surface area contributed by atoms with E-state index in [9.17, 15) is 34.9 Å². The summed E-state index contributed by atoms with van der Waals surface area (Å²) < 4.78 is 9.35. The first-order chi connectivity index (χ1) is 12.6. The first-order valence-corrected chi connectivity index (χ1v) is 7.68. The molecule has 0 saturated carbocycles. The van der Waals surface area contributed by atoms with Gasteiger partial charge in [0.25, 0.3) is 5.69 Å². The molecule has 0 amide bonds. The van der Waals surface area contributed by atoms with E-state index in [1.165, 1.54) is 19.1 Å². The summed E-state index contributed by atoms with van der Waals surface area (Å²) in [7, 11) is 0.987. The Hall–Kier alpha value is -3.50. The topological polar surface area (TPSA) is 159 Å². The summed E-state index contributed by atoms with van der Waals surface area (Å²) in [6.07, 6.45) is 0. The Balaban J connectivity index is 3.80. The molecule has 0 radical (unpaired) electrons. The van der Waals surface area contributed by atoms with Crippen molar-refractivity contribution in [1.29, 1.82) is 0 Å². The summed E-state index contributed by atoms with van der Waals surface area (Å²) in [6, 6.07) is 4.62. The fourth-order valence-corrected chi connectivity index (χ4v) is 2.54. The number of aliphatic hydroxyl groups excluding tert-OH is 1. The van der Waals surface area contributed by atoms with Crippen LogP contribution in [0.5, 0.6) is 0 Å². The smallest absolute Gasteiger partial charge is 0.354 e. The number of allylic oxidation sites excluding steroid dienone is 1. The summed E-state index contributed by atoms with van der Waals surface area (Å²) in [5.41, 5.74) is -1.50. The molecule has 2 atom stereocenters. The fourth-order valence-electron chi connectivity index (χ4n) is 2.54. The molecule has 0 heterocycles. The average molecular weight is 382 g/mol. The molecule has 0 bridgehead atoms. The number of ether oxygens (including phenoxy) is 2. The summed E-state index contributed by atoms with van der Waals surface area (Å²) in [5, 5.41) is 32.6. The zero-order chi connectivity index (χ0) is 20.7. The standard InChI is InChI=1S/C16H18N2O9/c1-4-27-16(21)14(18(24)25)13(12(9(2)19)15(20)26-3)10-6-5-7-11(8-10)17(22)23/h5-8,12-13,21H,4H2,1-3H3. The lowest BCUT2D eigenvalue weighted by Crippen LogP contribution is -2.33. The molecule has 0 aromatic heterocycles. The number of Topliss-reactive ketones (excluding diaryl/α,β-unsaturated/α-hetero) is 1. The predicted octanol–water partition coefficient (Wildman–Crippen LogP) is 2.10. The van der Waals surface area contributed by atoms with Crippen LogP contribution in [0, 0.1) is 26.1 Å². The summed E-state index contributed by atoms with van der Waals surface area (Å²) in [6.45, 7) is 2.34. The van der Waals surface area contributed by atoms with Gasteiger partial charge in [0, 0.05) is 12.1 Å². The molecule has 1 aromatic rings. The molecule has 27 heavy (non-hydrogen) atoms. The van der Waals surface area contributed by atoms with E-state index in [0.29, 0.717) is 0 Å². The molecular weight excluding hydrogens is 364 g/mol. The maximum absolute atomic E-state index is 12.1. The fraction of sp³-hybridized carbons (Fsp3) is 0.375. The van der Waals surface area contributed by atoms with E-state index in [-0.39, 0.29) is 12.2 Å². The van der Waals surface area contributed by atoms with Crippen molar-refractivity contribution < 1.29 is 34.0 Å². The van der Waals surface area contributed by atoms with E-state index in [1.807, 2.05) is 0 Å². The molecule has 11 heteroatoms. The van der Waals surface area contributed by atoms with Gasteiger partial charge in [-0.05, 0) is 19.4 Å². The van der Waals surface area contributed by atoms with Crippen LogP contribution >= 0.6 is 0 Å². The first-order valence-electron chi connectivity index (χ1n) is 7.68. The van der Waals surface area contributed by atoms with Gasteiger partial charge in [-0.1, -0.05) is 12.1 Å². The highest BCUT2D eigenvalue weighted by Gasteiger charge is 2.45. The third kappa shape index (κ3) is 5.00. The lowest BCUT2D eigenvalue weighted by Gasteiger charge is -2.21. The van der Waals surface area contributed by atoms with Crippen molar-refractivity contribution in [2.45, 2.75) is 19.8 Å². The number of esters is 1. The van der Waals surface area contributed by atoms with Crippen molar-refractivity contribution in [3.05, 3.63) is 61.7 Å². The minimum atomic E-state index is -1.72. The van der Waals surface area contributed by atoms with Gasteiger partial charge in [0.1, 0.15) is 17.6 Å². The van der Waals surface area contributed by atoms with Crippen LogP contribution in [0.4, 0.5) is 5.69 Å². The SMILES string of the molecule is CCOC(O)=C(C(c1cccc([N+](=O)[O-])c1)C(C(C)=O)C(=O)OC)[N+](=O)[O-]. The predicted molar refractivity (Wildman–Crippen MR) is 90.3 cm³/mol. The number of hydrogen-bond acceptors (Lipinski definition) is 9. The van der Waals surface area contributed by atoms with Gasteiger partial charge in [0.15, 0.2) is 0 Å². The summed E-state index contributed by atoms with van der Waals surface area (Å²) in [4.78, 5) is 45.1. The molecule has 0 aliphatic carbocycles. The van der Waals surface area contributed by atoms with Crippen LogP contribution in [0.3, 0.4) is 0 Å². The van der Waals surface area contributed by atoms with Crippen LogP contribution in [-0.4, -0.2) is 40.4 Å². The summed E-state index contributed by atoms with van der Waals surface area (Å²) in [5.74, 6) is -6.38. The highest BCUT2D eigenvalue weighted by molar-refractivity contribution is 5.99. The third-order valence-electron chi connectivity index (χ3n) is 3.66. The maximum atomic E-state index is 12.1. The van der Waals surface area contributed by atoms with Crippen molar-refractivity contribution in [1.82, 2.24) is 0 Å². The van der Waals surface area contributed by atoms with Crippen LogP contribution in [0.25, 0.3) is 0 Å². The Kier molecular flexibility index (Phi) is 7.39. The maximum Gasteiger partial charge on any atom is 0.354 e. The zero-order valence-electron chi connectivity index (χ0n) is 14.8.